The Morgan fingerprint density at radius 1 is 1.43 bits per heavy atom. The van der Waals surface area contributed by atoms with Crippen LogP contribution >= 0.6 is 11.3 Å². The number of carbonyl (C=O) groups is 1. The Bertz CT molecular complexity index is 631. The summed E-state index contributed by atoms with van der Waals surface area (Å²) in [5.74, 6) is -0.669. The van der Waals surface area contributed by atoms with Gasteiger partial charge in [-0.15, -0.1) is 11.3 Å². The van der Waals surface area contributed by atoms with Crippen molar-refractivity contribution in [3.63, 3.8) is 0 Å². The molecule has 1 aliphatic rings. The highest BCUT2D eigenvalue weighted by Crippen LogP contribution is 2.41. The fraction of sp³-hybridized carbons (Fsp3) is 0.615. The van der Waals surface area contributed by atoms with Crippen molar-refractivity contribution >= 4 is 37.8 Å². The molecular weight excluding hydrogens is 312 g/mol. The molecule has 0 aromatic carbocycles. The molecular formula is C13H20N2O4S2. The molecule has 0 radical (unpaired) electrons. The van der Waals surface area contributed by atoms with E-state index in [1.165, 1.54) is 7.11 Å². The molecule has 0 atom stereocenters. The molecule has 0 aliphatic heterocycles. The number of nitrogens with one attached hydrogen (secondary N) is 1. The summed E-state index contributed by atoms with van der Waals surface area (Å²) in [6.07, 6.45) is 4.24. The number of sulfone groups is 1. The molecule has 1 saturated carbocycles. The number of thiophene rings is 1. The lowest BCUT2D eigenvalue weighted by Crippen LogP contribution is -2.16. The Hall–Kier alpha value is -1.28. The third kappa shape index (κ3) is 3.16. The minimum atomic E-state index is -3.51. The fourth-order valence-corrected chi connectivity index (χ4v) is 5.13. The topological polar surface area (TPSA) is 98.5 Å². The molecule has 1 aromatic rings. The minimum Gasteiger partial charge on any atom is -0.465 e. The molecule has 8 heteroatoms. The minimum absolute atomic E-state index is 0.00537. The van der Waals surface area contributed by atoms with Crippen molar-refractivity contribution in [1.82, 2.24) is 0 Å². The second-order valence-corrected chi connectivity index (χ2v) is 8.26. The highest BCUT2D eigenvalue weighted by molar-refractivity contribution is 7.91. The van der Waals surface area contributed by atoms with Gasteiger partial charge in [-0.1, -0.05) is 19.8 Å². The van der Waals surface area contributed by atoms with Gasteiger partial charge in [-0.3, -0.25) is 0 Å². The summed E-state index contributed by atoms with van der Waals surface area (Å²) in [4.78, 5) is 11.9. The number of anilines is 2. The molecule has 1 heterocycles. The number of nitrogen functional groups attached to an aromatic ring is 1. The van der Waals surface area contributed by atoms with Crippen LogP contribution in [-0.4, -0.2) is 33.3 Å². The SMILES string of the molecule is CCS(=O)(=O)c1c(NC2CCCC2)sc(C(=O)OC)c1N. The Balaban J connectivity index is 2.48. The number of esters is 1. The summed E-state index contributed by atoms with van der Waals surface area (Å²) in [6.45, 7) is 1.56. The summed E-state index contributed by atoms with van der Waals surface area (Å²) in [5.41, 5.74) is 5.90. The van der Waals surface area contributed by atoms with Crippen LogP contribution in [0.15, 0.2) is 4.90 Å². The first-order valence-corrected chi connectivity index (χ1v) is 9.37. The van der Waals surface area contributed by atoms with Gasteiger partial charge in [0.05, 0.1) is 18.6 Å². The quantitative estimate of drug-likeness (QED) is 0.803. The van der Waals surface area contributed by atoms with E-state index in [0.717, 1.165) is 37.0 Å². The van der Waals surface area contributed by atoms with Crippen molar-refractivity contribution in [3.05, 3.63) is 4.88 Å². The standard InChI is InChI=1S/C13H20N2O4S2/c1-3-21(17,18)11-9(14)10(13(16)19-2)20-12(11)15-8-6-4-5-7-8/h8,15H,3-7,14H2,1-2H3. The van der Waals surface area contributed by atoms with Gasteiger partial charge in [0.1, 0.15) is 14.8 Å². The number of hydrogen-bond donors (Lipinski definition) is 2. The van der Waals surface area contributed by atoms with E-state index in [1.807, 2.05) is 0 Å². The number of methoxy groups -OCH3 is 1. The summed E-state index contributed by atoms with van der Waals surface area (Å²) >= 11 is 1.06. The summed E-state index contributed by atoms with van der Waals surface area (Å²) in [5, 5.41) is 3.70. The molecule has 118 valence electrons. The number of ether oxygens (including phenoxy) is 1. The zero-order valence-corrected chi connectivity index (χ0v) is 13.8. The van der Waals surface area contributed by atoms with E-state index in [-0.39, 0.29) is 27.3 Å². The van der Waals surface area contributed by atoms with Gasteiger partial charge in [0, 0.05) is 6.04 Å². The maximum absolute atomic E-state index is 12.3. The lowest BCUT2D eigenvalue weighted by Gasteiger charge is -2.13. The van der Waals surface area contributed by atoms with E-state index < -0.39 is 15.8 Å². The van der Waals surface area contributed by atoms with Crippen LogP contribution in [-0.2, 0) is 14.6 Å². The van der Waals surface area contributed by atoms with Crippen LogP contribution in [0.25, 0.3) is 0 Å². The van der Waals surface area contributed by atoms with Gasteiger partial charge >= 0.3 is 5.97 Å². The fourth-order valence-electron chi connectivity index (χ4n) is 2.48. The van der Waals surface area contributed by atoms with Crippen LogP contribution in [0.2, 0.25) is 0 Å². The first-order chi connectivity index (χ1) is 9.90. The monoisotopic (exact) mass is 332 g/mol. The number of nitrogens with two attached hydrogens (primary N) is 1. The normalized spacial score (nSPS) is 16.1. The van der Waals surface area contributed by atoms with Gasteiger partial charge in [0.15, 0.2) is 9.84 Å². The zero-order chi connectivity index (χ0) is 15.6. The van der Waals surface area contributed by atoms with Gasteiger partial charge in [0.2, 0.25) is 0 Å². The summed E-state index contributed by atoms with van der Waals surface area (Å²) in [7, 11) is -2.26. The van der Waals surface area contributed by atoms with Crippen molar-refractivity contribution < 1.29 is 17.9 Å². The van der Waals surface area contributed by atoms with Crippen molar-refractivity contribution in [2.45, 2.75) is 43.5 Å². The molecule has 21 heavy (non-hydrogen) atoms. The predicted molar refractivity (Wildman–Crippen MR) is 83.7 cm³/mol. The van der Waals surface area contributed by atoms with Gasteiger partial charge in [-0.25, -0.2) is 13.2 Å². The van der Waals surface area contributed by atoms with E-state index in [1.54, 1.807) is 6.92 Å². The molecule has 1 aliphatic carbocycles. The number of rotatable bonds is 5. The molecule has 0 unspecified atom stereocenters. The van der Waals surface area contributed by atoms with E-state index in [4.69, 9.17) is 5.73 Å². The van der Waals surface area contributed by atoms with Crippen molar-refractivity contribution in [3.8, 4) is 0 Å². The molecule has 3 N–H and O–H groups in total. The van der Waals surface area contributed by atoms with Crippen molar-refractivity contribution in [2.24, 2.45) is 0 Å². The highest BCUT2D eigenvalue weighted by atomic mass is 32.2. The van der Waals surface area contributed by atoms with Crippen LogP contribution in [0.3, 0.4) is 0 Å². The second-order valence-electron chi connectivity index (χ2n) is 5.02. The van der Waals surface area contributed by atoms with Crippen molar-refractivity contribution in [1.29, 1.82) is 0 Å². The van der Waals surface area contributed by atoms with Crippen molar-refractivity contribution in [2.75, 3.05) is 23.9 Å². The average Bonchev–Trinajstić information content (AvgIpc) is 3.06. The maximum Gasteiger partial charge on any atom is 0.350 e. The van der Waals surface area contributed by atoms with E-state index >= 15 is 0 Å². The van der Waals surface area contributed by atoms with E-state index in [0.29, 0.717) is 5.00 Å². The lowest BCUT2D eigenvalue weighted by molar-refractivity contribution is 0.0607. The van der Waals surface area contributed by atoms with Crippen LogP contribution < -0.4 is 11.1 Å². The number of hydrogen-bond acceptors (Lipinski definition) is 7. The first-order valence-electron chi connectivity index (χ1n) is 6.90. The summed E-state index contributed by atoms with van der Waals surface area (Å²) < 4.78 is 29.2. The molecule has 1 aromatic heterocycles. The lowest BCUT2D eigenvalue weighted by atomic mass is 10.2. The third-order valence-corrected chi connectivity index (χ3v) is 6.70. The van der Waals surface area contributed by atoms with E-state index in [2.05, 4.69) is 10.1 Å². The van der Waals surface area contributed by atoms with Gasteiger partial charge in [-0.05, 0) is 12.8 Å². The molecule has 0 bridgehead atoms. The van der Waals surface area contributed by atoms with Gasteiger partial charge < -0.3 is 15.8 Å². The van der Waals surface area contributed by atoms with Crippen LogP contribution in [0.4, 0.5) is 10.7 Å². The Morgan fingerprint density at radius 2 is 2.05 bits per heavy atom. The molecule has 0 saturated heterocycles. The second kappa shape index (κ2) is 6.23. The van der Waals surface area contributed by atoms with Gasteiger partial charge in [-0.2, -0.15) is 0 Å². The molecule has 6 nitrogen and oxygen atoms in total. The largest absolute Gasteiger partial charge is 0.465 e. The molecule has 0 spiro atoms. The van der Waals surface area contributed by atoms with Crippen LogP contribution in [0, 0.1) is 0 Å². The van der Waals surface area contributed by atoms with Crippen LogP contribution in [0.5, 0.6) is 0 Å². The highest BCUT2D eigenvalue weighted by Gasteiger charge is 2.30. The Kier molecular flexibility index (Phi) is 4.77. The van der Waals surface area contributed by atoms with Gasteiger partial charge in [0.25, 0.3) is 0 Å². The third-order valence-electron chi connectivity index (χ3n) is 3.65. The first kappa shape index (κ1) is 16.1. The molecule has 1 fully saturated rings. The summed E-state index contributed by atoms with van der Waals surface area (Å²) in [6, 6.07) is 0.236. The molecule has 2 rings (SSSR count). The van der Waals surface area contributed by atoms with Crippen LogP contribution in [0.1, 0.15) is 42.3 Å². The zero-order valence-electron chi connectivity index (χ0n) is 12.1. The van der Waals surface area contributed by atoms with E-state index in [9.17, 15) is 13.2 Å². The predicted octanol–water partition coefficient (Wildman–Crippen LogP) is 2.27. The Labute approximate surface area is 128 Å². The number of carbonyl (C=O) groups excluding carboxylic acids is 1. The smallest absolute Gasteiger partial charge is 0.350 e. The molecule has 0 amide bonds. The maximum atomic E-state index is 12.3. The Morgan fingerprint density at radius 3 is 2.57 bits per heavy atom. The average molecular weight is 332 g/mol.